The number of carbonyl (C=O) groups is 1. The summed E-state index contributed by atoms with van der Waals surface area (Å²) in [7, 11) is 0. The van der Waals surface area contributed by atoms with E-state index in [1.807, 2.05) is 0 Å². The van der Waals surface area contributed by atoms with Crippen molar-refractivity contribution < 1.29 is 139 Å². The first-order chi connectivity index (χ1) is 36.0. The molecule has 76 heavy (non-hydrogen) atoms. The third kappa shape index (κ3) is 13.4. The van der Waals surface area contributed by atoms with Crippen LogP contribution < -0.4 is 0 Å². The van der Waals surface area contributed by atoms with Crippen LogP contribution in [0.25, 0.3) is 0 Å². The number of ether oxygens (including phenoxy) is 10. The van der Waals surface area contributed by atoms with E-state index in [4.69, 9.17) is 47.4 Å². The maximum absolute atomic E-state index is 12.7. The van der Waals surface area contributed by atoms with Gasteiger partial charge in [-0.15, -0.1) is 0 Å². The lowest BCUT2D eigenvalue weighted by Gasteiger charge is -2.50. The average molecular weight is 1100 g/mol. The van der Waals surface area contributed by atoms with E-state index in [9.17, 15) is 91.6 Å². The molecule has 438 valence electrons. The Bertz CT molecular complexity index is 1860. The second kappa shape index (κ2) is 26.0. The lowest BCUT2D eigenvalue weighted by molar-refractivity contribution is -0.369. The van der Waals surface area contributed by atoms with Crippen LogP contribution in [0.2, 0.25) is 0 Å². The maximum atomic E-state index is 12.7. The van der Waals surface area contributed by atoms with Gasteiger partial charge >= 0.3 is 5.97 Å². The quantitative estimate of drug-likeness (QED) is 0.0411. The lowest BCUT2D eigenvalue weighted by atomic mass is 9.72. The van der Waals surface area contributed by atoms with Crippen molar-refractivity contribution in [2.45, 2.75) is 242 Å². The van der Waals surface area contributed by atoms with Crippen LogP contribution in [0.3, 0.4) is 0 Å². The number of aliphatic hydroxyl groups is 19. The zero-order valence-corrected chi connectivity index (χ0v) is 41.7. The van der Waals surface area contributed by atoms with E-state index in [-0.39, 0.29) is 38.0 Å². The Morgan fingerprint density at radius 3 is 1.68 bits per heavy atom. The third-order valence-electron chi connectivity index (χ3n) is 16.6. The Balaban J connectivity index is 0.989. The zero-order valence-electron chi connectivity index (χ0n) is 41.7. The van der Waals surface area contributed by atoms with Gasteiger partial charge in [-0.3, -0.25) is 0 Å². The maximum Gasteiger partial charge on any atom is 0.330 e. The third-order valence-corrected chi connectivity index (χ3v) is 16.6. The number of allylic oxidation sites excluding steroid dienone is 1. The Morgan fingerprint density at radius 1 is 0.526 bits per heavy atom. The summed E-state index contributed by atoms with van der Waals surface area (Å²) in [6, 6.07) is 0. The summed E-state index contributed by atoms with van der Waals surface area (Å²) in [6.07, 6.45) is -38.3. The van der Waals surface area contributed by atoms with Crippen molar-refractivity contribution in [3.05, 3.63) is 12.2 Å². The van der Waals surface area contributed by atoms with Gasteiger partial charge in [0.05, 0.1) is 55.8 Å². The Hall–Kier alpha value is -1.83. The van der Waals surface area contributed by atoms with Gasteiger partial charge in [0.25, 0.3) is 0 Å². The van der Waals surface area contributed by atoms with E-state index in [1.165, 1.54) is 13.0 Å². The van der Waals surface area contributed by atoms with Crippen LogP contribution in [0.1, 0.15) is 64.7 Å². The normalized spacial score (nSPS) is 52.5. The molecular formula is C48H79O28+. The molecule has 0 spiro atoms. The lowest BCUT2D eigenvalue weighted by Crippen LogP contribution is -2.64. The van der Waals surface area contributed by atoms with Crippen molar-refractivity contribution in [3.8, 4) is 0 Å². The fourth-order valence-electron chi connectivity index (χ4n) is 11.9. The van der Waals surface area contributed by atoms with E-state index in [1.54, 1.807) is 6.08 Å². The predicted octanol–water partition coefficient (Wildman–Crippen LogP) is -8.38. The van der Waals surface area contributed by atoms with Gasteiger partial charge in [0.15, 0.2) is 37.4 Å². The second-order valence-corrected chi connectivity index (χ2v) is 21.8. The molecule has 8 rings (SSSR count). The average Bonchev–Trinajstić information content (AvgIpc) is 3.41. The minimum atomic E-state index is -1.93. The van der Waals surface area contributed by atoms with Crippen LogP contribution in [0.5, 0.6) is 0 Å². The molecule has 3 aliphatic carbocycles. The first-order valence-corrected chi connectivity index (χ1v) is 26.3. The molecule has 18 N–H and O–H groups in total. The number of aliphatic hydroxyl groups excluding tert-OH is 17. The minimum Gasteiger partial charge on any atom is -0.460 e. The SMILES string of the molecule is CC1OC(OCC2OC(OC3CC4C(O)CC(OC5OC(CO)C(O)C(O)C5O)CC4[OH+]C3C3CC(O)C(O)C(OC4OC(COC(=O)C=CC5CCC(O)CC5)C(O)C(O)C4O)C3)C(O)C(O)C2O)C(O)C(O)C1O. The molecule has 5 aliphatic heterocycles. The van der Waals surface area contributed by atoms with E-state index >= 15 is 0 Å². The van der Waals surface area contributed by atoms with Gasteiger partial charge in [0, 0.05) is 24.8 Å². The molecule has 28 heteroatoms. The van der Waals surface area contributed by atoms with Crippen LogP contribution in [0.4, 0.5) is 0 Å². The number of hydrogen-bond donors (Lipinski definition) is 17. The van der Waals surface area contributed by atoms with Gasteiger partial charge in [-0.2, -0.15) is 0 Å². The second-order valence-electron chi connectivity index (χ2n) is 21.8. The Labute approximate surface area is 436 Å². The highest BCUT2D eigenvalue weighted by atomic mass is 16.7. The van der Waals surface area contributed by atoms with Crippen LogP contribution in [-0.4, -0.2) is 295 Å². The summed E-state index contributed by atoms with van der Waals surface area (Å²) in [4.78, 5) is 12.7. The summed E-state index contributed by atoms with van der Waals surface area (Å²) in [6.45, 7) is -0.507. The summed E-state index contributed by atoms with van der Waals surface area (Å²) >= 11 is 0. The number of hydrogen-bond acceptors (Lipinski definition) is 27. The minimum absolute atomic E-state index is 0.0437. The highest BCUT2D eigenvalue weighted by Gasteiger charge is 2.58. The van der Waals surface area contributed by atoms with Gasteiger partial charge in [0.2, 0.25) is 0 Å². The fourth-order valence-corrected chi connectivity index (χ4v) is 11.9. The van der Waals surface area contributed by atoms with Gasteiger partial charge in [0.1, 0.15) is 110 Å². The zero-order chi connectivity index (χ0) is 55.0. The molecule has 0 aromatic heterocycles. The van der Waals surface area contributed by atoms with Crippen molar-refractivity contribution in [1.82, 2.24) is 0 Å². The van der Waals surface area contributed by atoms with E-state index in [0.29, 0.717) is 25.7 Å². The van der Waals surface area contributed by atoms with E-state index in [0.717, 1.165) is 0 Å². The molecule has 28 nitrogen and oxygen atoms in total. The topological polar surface area (TPSA) is 457 Å². The first-order valence-electron chi connectivity index (χ1n) is 26.3. The largest absolute Gasteiger partial charge is 0.460 e. The molecule has 0 radical (unpaired) electrons. The van der Waals surface area contributed by atoms with Crippen molar-refractivity contribution >= 4 is 5.97 Å². The molecule has 0 amide bonds. The van der Waals surface area contributed by atoms with Gasteiger partial charge in [-0.25, -0.2) is 4.79 Å². The summed E-state index contributed by atoms with van der Waals surface area (Å²) in [5.41, 5.74) is 0. The Morgan fingerprint density at radius 2 is 1.07 bits per heavy atom. The van der Waals surface area contributed by atoms with E-state index < -0.39 is 215 Å². The van der Waals surface area contributed by atoms with Crippen LogP contribution in [0.15, 0.2) is 12.2 Å². The number of esters is 1. The number of fused-ring (bicyclic) bond motifs is 1. The van der Waals surface area contributed by atoms with Gasteiger partial charge < -0.3 is 134 Å². The molecule has 5 heterocycles. The standard InChI is InChI=1S/C48H78O28/c1-16-31(54)36(59)40(63)45(69-16)68-15-29-35(58)39(62)43(66)48(76-29)73-26-12-21-22(51)10-20(70-46-41(64)37(60)33(56)27(13-49)74-46)11-24(21)71-44(26)18-8-23(52)32(55)25(9-18)72-47-42(65)38(61)34(57)28(75-47)14-67-30(53)7-4-17-2-5-19(50)6-3-17/h4,7,16-29,31-52,54-66H,2-3,5-6,8-15H2,1H3/p+1. The predicted molar refractivity (Wildman–Crippen MR) is 246 cm³/mol. The molecule has 3 saturated carbocycles. The van der Waals surface area contributed by atoms with Crippen LogP contribution in [0, 0.1) is 17.8 Å². The molecule has 5 saturated heterocycles. The molecule has 30 unspecified atom stereocenters. The summed E-state index contributed by atoms with van der Waals surface area (Å²) in [5.74, 6) is -2.29. The smallest absolute Gasteiger partial charge is 0.330 e. The molecule has 0 bridgehead atoms. The fraction of sp³-hybridized carbons (Fsp3) is 0.938. The monoisotopic (exact) mass is 1100 g/mol. The van der Waals surface area contributed by atoms with Crippen molar-refractivity contribution in [3.63, 3.8) is 0 Å². The molecular weight excluding hydrogens is 1020 g/mol. The van der Waals surface area contributed by atoms with Crippen molar-refractivity contribution in [1.29, 1.82) is 0 Å². The van der Waals surface area contributed by atoms with Gasteiger partial charge in [-0.05, 0) is 57.8 Å². The molecule has 0 aromatic carbocycles. The summed E-state index contributed by atoms with van der Waals surface area (Å²) in [5, 5.41) is 183. The van der Waals surface area contributed by atoms with Crippen LogP contribution in [-0.2, 0) is 47.4 Å². The van der Waals surface area contributed by atoms with E-state index in [2.05, 4.69) is 0 Å². The summed E-state index contributed by atoms with van der Waals surface area (Å²) < 4.78 is 57.5. The van der Waals surface area contributed by atoms with Crippen molar-refractivity contribution in [2.24, 2.45) is 17.8 Å². The number of rotatable bonds is 15. The highest BCUT2D eigenvalue weighted by Crippen LogP contribution is 2.44. The van der Waals surface area contributed by atoms with Crippen molar-refractivity contribution in [2.75, 3.05) is 19.8 Å². The first kappa shape index (κ1) is 60.3. The molecule has 30 atom stereocenters. The highest BCUT2D eigenvalue weighted by molar-refractivity contribution is 5.81. The molecule has 0 aromatic rings. The van der Waals surface area contributed by atoms with Gasteiger partial charge in [-0.1, -0.05) is 6.08 Å². The molecule has 8 aliphatic rings. The Kier molecular flexibility index (Phi) is 20.6. The number of carbonyl (C=O) groups excluding carboxylic acids is 1. The molecule has 8 fully saturated rings. The van der Waals surface area contributed by atoms with Crippen LogP contribution >= 0.6 is 0 Å².